The van der Waals surface area contributed by atoms with Gasteiger partial charge in [-0.25, -0.2) is 4.39 Å². The molecule has 140 valence electrons. The Morgan fingerprint density at radius 1 is 1.04 bits per heavy atom. The largest absolute Gasteiger partial charge is 0.489 e. The van der Waals surface area contributed by atoms with Crippen molar-refractivity contribution in [1.29, 1.82) is 0 Å². The quantitative estimate of drug-likeness (QED) is 0.686. The smallest absolute Gasteiger partial charge is 0.123 e. The van der Waals surface area contributed by atoms with Crippen LogP contribution in [0, 0.1) is 5.82 Å². The molecule has 0 radical (unpaired) electrons. The van der Waals surface area contributed by atoms with Gasteiger partial charge in [0, 0.05) is 31.0 Å². The Labute approximate surface area is 165 Å². The molecular formula is C22H22ClFN2O. The number of ether oxygens (including phenoxy) is 1. The van der Waals surface area contributed by atoms with Crippen molar-refractivity contribution >= 4 is 12.4 Å². The van der Waals surface area contributed by atoms with E-state index in [0.29, 0.717) is 0 Å². The maximum absolute atomic E-state index is 13.1. The highest BCUT2D eigenvalue weighted by molar-refractivity contribution is 5.85. The van der Waals surface area contributed by atoms with Gasteiger partial charge in [0.25, 0.3) is 0 Å². The summed E-state index contributed by atoms with van der Waals surface area (Å²) in [7, 11) is 0. The predicted molar refractivity (Wildman–Crippen MR) is 108 cm³/mol. The molecule has 4 rings (SSSR count). The zero-order chi connectivity index (χ0) is 17.8. The first-order valence-electron chi connectivity index (χ1n) is 8.93. The zero-order valence-electron chi connectivity index (χ0n) is 14.9. The predicted octanol–water partition coefficient (Wildman–Crippen LogP) is 4.79. The minimum absolute atomic E-state index is 0. The molecule has 3 aromatic rings. The number of para-hydroxylation sites is 1. The van der Waals surface area contributed by atoms with Crippen LogP contribution in [0.25, 0.3) is 11.1 Å². The monoisotopic (exact) mass is 384 g/mol. The SMILES string of the molecule is Cl.Fc1ccc(-c2cncc(CNCC3CCc4ccccc4O3)c2)cc1. The molecule has 1 atom stereocenters. The number of fused-ring (bicyclic) bond motifs is 1. The van der Waals surface area contributed by atoms with E-state index in [1.54, 1.807) is 18.3 Å². The van der Waals surface area contributed by atoms with E-state index in [-0.39, 0.29) is 24.3 Å². The lowest BCUT2D eigenvalue weighted by Gasteiger charge is -2.26. The number of benzene rings is 2. The first-order valence-corrected chi connectivity index (χ1v) is 8.93. The Morgan fingerprint density at radius 2 is 1.85 bits per heavy atom. The van der Waals surface area contributed by atoms with Crippen molar-refractivity contribution in [3.05, 3.63) is 83.9 Å². The van der Waals surface area contributed by atoms with Crippen LogP contribution in [0.1, 0.15) is 17.5 Å². The molecule has 1 aliphatic rings. The van der Waals surface area contributed by atoms with Gasteiger partial charge in [-0.1, -0.05) is 30.3 Å². The summed E-state index contributed by atoms with van der Waals surface area (Å²) in [6.07, 6.45) is 5.94. The van der Waals surface area contributed by atoms with Crippen LogP contribution in [0.5, 0.6) is 5.75 Å². The molecule has 0 saturated heterocycles. The van der Waals surface area contributed by atoms with Gasteiger partial charge in [-0.2, -0.15) is 0 Å². The molecule has 0 amide bonds. The molecule has 0 spiro atoms. The minimum Gasteiger partial charge on any atom is -0.489 e. The molecular weight excluding hydrogens is 363 g/mol. The van der Waals surface area contributed by atoms with E-state index in [9.17, 15) is 4.39 Å². The Morgan fingerprint density at radius 3 is 2.70 bits per heavy atom. The molecule has 3 nitrogen and oxygen atoms in total. The van der Waals surface area contributed by atoms with Gasteiger partial charge in [0.1, 0.15) is 17.7 Å². The standard InChI is InChI=1S/C22H21FN2O.ClH/c23-20-8-5-17(6-9-20)19-11-16(12-24-14-19)13-25-15-21-10-7-18-3-1-2-4-22(18)26-21;/h1-6,8-9,11-12,14,21,25H,7,10,13,15H2;1H. The first kappa shape index (κ1) is 19.3. The van der Waals surface area contributed by atoms with Crippen LogP contribution in [-0.2, 0) is 13.0 Å². The summed E-state index contributed by atoms with van der Waals surface area (Å²) >= 11 is 0. The maximum Gasteiger partial charge on any atom is 0.123 e. The van der Waals surface area contributed by atoms with Crippen LogP contribution in [0.2, 0.25) is 0 Å². The summed E-state index contributed by atoms with van der Waals surface area (Å²) in [6.45, 7) is 1.53. The zero-order valence-corrected chi connectivity index (χ0v) is 15.7. The van der Waals surface area contributed by atoms with Crippen molar-refractivity contribution in [1.82, 2.24) is 10.3 Å². The van der Waals surface area contributed by atoms with Crippen LogP contribution < -0.4 is 10.1 Å². The summed E-state index contributed by atoms with van der Waals surface area (Å²) < 4.78 is 19.1. The van der Waals surface area contributed by atoms with Crippen LogP contribution >= 0.6 is 12.4 Å². The van der Waals surface area contributed by atoms with Gasteiger partial charge in [-0.05, 0) is 53.8 Å². The van der Waals surface area contributed by atoms with Crippen LogP contribution in [0.3, 0.4) is 0 Å². The lowest BCUT2D eigenvalue weighted by atomic mass is 10.0. The molecule has 27 heavy (non-hydrogen) atoms. The van der Waals surface area contributed by atoms with Crippen molar-refractivity contribution < 1.29 is 9.13 Å². The van der Waals surface area contributed by atoms with E-state index >= 15 is 0 Å². The molecule has 0 aliphatic carbocycles. The molecule has 0 bridgehead atoms. The van der Waals surface area contributed by atoms with Crippen LogP contribution in [-0.4, -0.2) is 17.6 Å². The molecule has 2 aromatic carbocycles. The molecule has 5 heteroatoms. The third kappa shape index (κ3) is 4.85. The number of rotatable bonds is 5. The highest BCUT2D eigenvalue weighted by Gasteiger charge is 2.18. The van der Waals surface area contributed by atoms with Crippen molar-refractivity contribution in [3.63, 3.8) is 0 Å². The minimum atomic E-state index is -0.228. The summed E-state index contributed by atoms with van der Waals surface area (Å²) in [5.41, 5.74) is 4.35. The van der Waals surface area contributed by atoms with E-state index in [4.69, 9.17) is 4.74 Å². The Kier molecular flexibility index (Phi) is 6.43. The maximum atomic E-state index is 13.1. The number of hydrogen-bond acceptors (Lipinski definition) is 3. The fraction of sp³-hybridized carbons (Fsp3) is 0.227. The van der Waals surface area contributed by atoms with Crippen molar-refractivity contribution in [2.45, 2.75) is 25.5 Å². The molecule has 1 unspecified atom stereocenters. The summed E-state index contributed by atoms with van der Waals surface area (Å²) in [5, 5.41) is 3.47. The van der Waals surface area contributed by atoms with Gasteiger partial charge in [-0.15, -0.1) is 12.4 Å². The topological polar surface area (TPSA) is 34.2 Å². The van der Waals surface area contributed by atoms with E-state index in [2.05, 4.69) is 28.5 Å². The Hall–Kier alpha value is -2.43. The Balaban J connectivity index is 0.00000210. The van der Waals surface area contributed by atoms with Gasteiger partial charge in [-0.3, -0.25) is 4.98 Å². The number of aryl methyl sites for hydroxylation is 1. The number of nitrogens with one attached hydrogen (secondary N) is 1. The number of nitrogens with zero attached hydrogens (tertiary/aromatic N) is 1. The van der Waals surface area contributed by atoms with Crippen LogP contribution in [0.4, 0.5) is 4.39 Å². The number of pyridine rings is 1. The Bertz CT molecular complexity index is 885. The van der Waals surface area contributed by atoms with Gasteiger partial charge < -0.3 is 10.1 Å². The van der Waals surface area contributed by atoms with E-state index < -0.39 is 0 Å². The second-order valence-corrected chi connectivity index (χ2v) is 6.61. The summed E-state index contributed by atoms with van der Waals surface area (Å²) in [6, 6.07) is 16.8. The summed E-state index contributed by atoms with van der Waals surface area (Å²) in [5.74, 6) is 0.777. The molecule has 1 aliphatic heterocycles. The molecule has 1 N–H and O–H groups in total. The van der Waals surface area contributed by atoms with Gasteiger partial charge in [0.05, 0.1) is 0 Å². The fourth-order valence-electron chi connectivity index (χ4n) is 3.29. The number of halogens is 2. The highest BCUT2D eigenvalue weighted by Crippen LogP contribution is 2.26. The molecule has 2 heterocycles. The first-order chi connectivity index (χ1) is 12.8. The van der Waals surface area contributed by atoms with Crippen LogP contribution in [0.15, 0.2) is 67.0 Å². The number of aromatic nitrogens is 1. The van der Waals surface area contributed by atoms with Crippen molar-refractivity contribution in [2.24, 2.45) is 0 Å². The average Bonchev–Trinajstić information content (AvgIpc) is 2.69. The normalized spacial score (nSPS) is 15.4. The molecule has 0 fully saturated rings. The van der Waals surface area contributed by atoms with E-state index in [0.717, 1.165) is 48.4 Å². The third-order valence-corrected chi connectivity index (χ3v) is 4.68. The van der Waals surface area contributed by atoms with Gasteiger partial charge in [0.2, 0.25) is 0 Å². The second-order valence-electron chi connectivity index (χ2n) is 6.61. The van der Waals surface area contributed by atoms with Crippen molar-refractivity contribution in [3.8, 4) is 16.9 Å². The molecule has 1 aromatic heterocycles. The van der Waals surface area contributed by atoms with Gasteiger partial charge >= 0.3 is 0 Å². The van der Waals surface area contributed by atoms with Gasteiger partial charge in [0.15, 0.2) is 0 Å². The van der Waals surface area contributed by atoms with E-state index in [1.807, 2.05) is 18.3 Å². The average molecular weight is 385 g/mol. The molecule has 0 saturated carbocycles. The highest BCUT2D eigenvalue weighted by atomic mass is 35.5. The lowest BCUT2D eigenvalue weighted by molar-refractivity contribution is 0.170. The lowest BCUT2D eigenvalue weighted by Crippen LogP contribution is -2.33. The van der Waals surface area contributed by atoms with E-state index in [1.165, 1.54) is 17.7 Å². The summed E-state index contributed by atoms with van der Waals surface area (Å²) in [4.78, 5) is 4.31. The van der Waals surface area contributed by atoms with Crippen molar-refractivity contribution in [2.75, 3.05) is 6.54 Å². The third-order valence-electron chi connectivity index (χ3n) is 4.68. The second kappa shape index (κ2) is 8.98. The number of hydrogen-bond donors (Lipinski definition) is 1. The fourth-order valence-corrected chi connectivity index (χ4v) is 3.29.